The Bertz CT molecular complexity index is 1220. The fourth-order valence-electron chi connectivity index (χ4n) is 7.08. The van der Waals surface area contributed by atoms with Crippen LogP contribution in [0, 0.1) is 5.92 Å². The summed E-state index contributed by atoms with van der Waals surface area (Å²) in [5, 5.41) is 75.2. The van der Waals surface area contributed by atoms with Crippen molar-refractivity contribution in [1.82, 2.24) is 0 Å². The second-order valence-corrected chi connectivity index (χ2v) is 13.4. The van der Waals surface area contributed by atoms with Gasteiger partial charge in [-0.15, -0.1) is 0 Å². The van der Waals surface area contributed by atoms with Gasteiger partial charge >= 0.3 is 35.5 Å². The molecule has 1 saturated carbocycles. The fraction of sp³-hybridized carbons (Fsp3) is 0.765. The zero-order chi connectivity index (χ0) is 35.9. The van der Waals surface area contributed by atoms with E-state index in [1.807, 2.05) is 0 Å². The first-order chi connectivity index (χ1) is 24.0. The maximum atomic E-state index is 13.4. The van der Waals surface area contributed by atoms with E-state index in [4.69, 9.17) is 33.2 Å². The Hall–Kier alpha value is -1.32. The maximum absolute atomic E-state index is 13.4. The largest absolute Gasteiger partial charge is 1.00 e. The zero-order valence-corrected chi connectivity index (χ0v) is 30.9. The van der Waals surface area contributed by atoms with Gasteiger partial charge in [0.1, 0.15) is 48.8 Å². The number of carbonyl (C=O) groups excluding carboxylic acids is 2. The molecule has 1 unspecified atom stereocenters. The van der Waals surface area contributed by atoms with Crippen molar-refractivity contribution in [2.45, 2.75) is 138 Å². The first-order valence-corrected chi connectivity index (χ1v) is 17.3. The van der Waals surface area contributed by atoms with Crippen LogP contribution in [-0.4, -0.2) is 148 Å². The molecule has 1 aromatic rings. The smallest absolute Gasteiger partial charge is 0.547 e. The van der Waals surface area contributed by atoms with E-state index in [-0.39, 0.29) is 60.5 Å². The van der Waals surface area contributed by atoms with Crippen molar-refractivity contribution in [1.29, 1.82) is 0 Å². The molecule has 0 aromatic heterocycles. The number of carboxylic acid groups (broad SMARTS) is 1. The monoisotopic (exact) mass is 736 g/mol. The molecule has 0 radical (unpaired) electrons. The molecule has 14 atom stereocenters. The molecule has 3 heterocycles. The Labute approximate surface area is 318 Å². The molecule has 51 heavy (non-hydrogen) atoms. The number of ether oxygens (including phenoxy) is 7. The van der Waals surface area contributed by atoms with Gasteiger partial charge in [0.2, 0.25) is 0 Å². The number of esters is 1. The van der Waals surface area contributed by atoms with Gasteiger partial charge in [-0.25, -0.2) is 4.79 Å². The standard InChI is InChI=1S/C34H50O16.Na/c1-17-24(37)26(39)27(40)33(45-17)50-28-20(12-13-44-23(28)16-36)47-34-30(49-32(43)19-10-6-3-7-11-19)29(25(38)22(15-35)48-34)46-21(31(41)42)14-18-8-4-2-5-9-18;/h3,6-7,10-11,17-18,20-30,33-40H,2,4-5,8-9,12-16H2,1H3,(H,41,42);/q;+1/p-1/t17-,20+,21?,22+,23+,24+,25-,26+,27-,28-,29-,30+,33-,34+;/m0./s1. The number of aliphatic hydroxyl groups excluding tert-OH is 6. The van der Waals surface area contributed by atoms with E-state index < -0.39 is 111 Å². The molecule has 17 heteroatoms. The van der Waals surface area contributed by atoms with Crippen molar-refractivity contribution in [3.63, 3.8) is 0 Å². The molecular weight excluding hydrogens is 687 g/mol. The summed E-state index contributed by atoms with van der Waals surface area (Å²) in [5.74, 6) is -2.34. The van der Waals surface area contributed by atoms with E-state index in [1.54, 1.807) is 18.2 Å². The Morgan fingerprint density at radius 2 is 1.51 bits per heavy atom. The molecule has 4 aliphatic rings. The Morgan fingerprint density at radius 3 is 2.16 bits per heavy atom. The fourth-order valence-corrected chi connectivity index (χ4v) is 7.08. The van der Waals surface area contributed by atoms with Crippen LogP contribution in [0.3, 0.4) is 0 Å². The van der Waals surface area contributed by atoms with Crippen LogP contribution in [-0.2, 0) is 38.0 Å². The Kier molecular flexibility index (Phi) is 16.5. The third kappa shape index (κ3) is 10.5. The summed E-state index contributed by atoms with van der Waals surface area (Å²) in [6.07, 6.45) is -15.0. The minimum Gasteiger partial charge on any atom is -0.547 e. The van der Waals surface area contributed by atoms with Crippen LogP contribution in [0.1, 0.15) is 62.2 Å². The summed E-state index contributed by atoms with van der Waals surface area (Å²) in [6, 6.07) is 7.91. The maximum Gasteiger partial charge on any atom is 1.00 e. The summed E-state index contributed by atoms with van der Waals surface area (Å²) in [6.45, 7) is 0.223. The molecule has 4 fully saturated rings. The number of hydrogen-bond donors (Lipinski definition) is 6. The normalized spacial score (nSPS) is 38.3. The van der Waals surface area contributed by atoms with E-state index in [1.165, 1.54) is 19.1 Å². The van der Waals surface area contributed by atoms with Crippen LogP contribution < -0.4 is 34.7 Å². The number of carboxylic acids is 1. The number of rotatable bonds is 13. The van der Waals surface area contributed by atoms with Crippen LogP contribution in [0.4, 0.5) is 0 Å². The van der Waals surface area contributed by atoms with Crippen LogP contribution in [0.5, 0.6) is 0 Å². The Balaban J connectivity index is 0.00000583. The third-order valence-electron chi connectivity index (χ3n) is 9.96. The van der Waals surface area contributed by atoms with Crippen molar-refractivity contribution in [2.24, 2.45) is 5.92 Å². The molecule has 0 spiro atoms. The SMILES string of the molecule is C[C@@H]1O[C@@H](O[C@@H]2[C@@H](CO)OCC[C@H]2O[C@@H]2O[C@H](CO)[C@H](O)[C@H](OC(CC3CCCCC3)C(=O)[O-])[C@H]2OC(=O)c2ccccc2)[C@@H](O)[C@H](O)[C@@H]1O.[Na+]. The summed E-state index contributed by atoms with van der Waals surface area (Å²) < 4.78 is 41.5. The van der Waals surface area contributed by atoms with E-state index in [9.17, 15) is 45.3 Å². The predicted octanol–water partition coefficient (Wildman–Crippen LogP) is -4.85. The van der Waals surface area contributed by atoms with Crippen molar-refractivity contribution in [2.75, 3.05) is 19.8 Å². The molecule has 3 saturated heterocycles. The number of hydrogen-bond acceptors (Lipinski definition) is 16. The number of benzene rings is 1. The number of aliphatic carboxylic acids is 1. The molecular formula is C34H49NaO16. The second kappa shape index (κ2) is 19.8. The summed E-state index contributed by atoms with van der Waals surface area (Å²) in [7, 11) is 0. The van der Waals surface area contributed by atoms with E-state index >= 15 is 0 Å². The molecule has 1 aliphatic carbocycles. The predicted molar refractivity (Wildman–Crippen MR) is 166 cm³/mol. The van der Waals surface area contributed by atoms with Gasteiger partial charge in [-0.05, 0) is 37.8 Å². The van der Waals surface area contributed by atoms with Crippen LogP contribution in [0.2, 0.25) is 0 Å². The molecule has 3 aliphatic heterocycles. The average Bonchev–Trinajstić information content (AvgIpc) is 3.12. The van der Waals surface area contributed by atoms with Crippen LogP contribution in [0.15, 0.2) is 30.3 Å². The minimum absolute atomic E-state index is 0. The minimum atomic E-state index is -1.69. The Morgan fingerprint density at radius 1 is 0.824 bits per heavy atom. The van der Waals surface area contributed by atoms with Crippen molar-refractivity contribution in [3.8, 4) is 0 Å². The average molecular weight is 737 g/mol. The van der Waals surface area contributed by atoms with Gasteiger partial charge in [-0.2, -0.15) is 0 Å². The van der Waals surface area contributed by atoms with Crippen molar-refractivity contribution in [3.05, 3.63) is 35.9 Å². The summed E-state index contributed by atoms with van der Waals surface area (Å²) >= 11 is 0. The molecule has 5 rings (SSSR count). The number of aliphatic hydroxyl groups is 6. The zero-order valence-electron chi connectivity index (χ0n) is 28.9. The third-order valence-corrected chi connectivity index (χ3v) is 9.96. The van der Waals surface area contributed by atoms with Gasteiger partial charge in [-0.3, -0.25) is 0 Å². The topological polar surface area (TPSA) is 243 Å². The van der Waals surface area contributed by atoms with Gasteiger partial charge in [0.15, 0.2) is 18.7 Å². The molecule has 0 bridgehead atoms. The first kappa shape index (κ1) is 42.4. The van der Waals surface area contributed by atoms with Gasteiger partial charge < -0.3 is 73.7 Å². The van der Waals surface area contributed by atoms with Crippen LogP contribution in [0.25, 0.3) is 0 Å². The quantitative estimate of drug-likeness (QED) is 0.0822. The number of carbonyl (C=O) groups is 2. The van der Waals surface area contributed by atoms with Gasteiger partial charge in [0, 0.05) is 6.61 Å². The summed E-state index contributed by atoms with van der Waals surface area (Å²) in [4.78, 5) is 25.8. The second-order valence-electron chi connectivity index (χ2n) is 13.4. The molecule has 6 N–H and O–H groups in total. The molecule has 0 amide bonds. The van der Waals surface area contributed by atoms with E-state index in [0.717, 1.165) is 32.1 Å². The van der Waals surface area contributed by atoms with Gasteiger partial charge in [0.05, 0.1) is 43.1 Å². The van der Waals surface area contributed by atoms with Gasteiger partial charge in [-0.1, -0.05) is 50.3 Å². The molecule has 282 valence electrons. The van der Waals surface area contributed by atoms with E-state index in [0.29, 0.717) is 0 Å². The molecule has 1 aromatic carbocycles. The van der Waals surface area contributed by atoms with Crippen molar-refractivity contribution < 1.29 is 108 Å². The molecule has 16 nitrogen and oxygen atoms in total. The van der Waals surface area contributed by atoms with Gasteiger partial charge in [0.25, 0.3) is 0 Å². The first-order valence-electron chi connectivity index (χ1n) is 17.3. The summed E-state index contributed by atoms with van der Waals surface area (Å²) in [5.41, 5.74) is 0.133. The van der Waals surface area contributed by atoms with Crippen LogP contribution >= 0.6 is 0 Å². The van der Waals surface area contributed by atoms with E-state index in [2.05, 4.69) is 0 Å². The van der Waals surface area contributed by atoms with Crippen molar-refractivity contribution >= 4 is 11.9 Å².